The lowest BCUT2D eigenvalue weighted by molar-refractivity contribution is 0.0305. The molecule has 68 valence electrons. The van der Waals surface area contributed by atoms with Gasteiger partial charge in [-0.3, -0.25) is 0 Å². The van der Waals surface area contributed by atoms with Gasteiger partial charge in [0.1, 0.15) is 0 Å². The summed E-state index contributed by atoms with van der Waals surface area (Å²) in [5.41, 5.74) is 4.66. The predicted molar refractivity (Wildman–Crippen MR) is 47.5 cm³/mol. The van der Waals surface area contributed by atoms with Gasteiger partial charge in [-0.15, -0.1) is 0 Å². The standard InChI is InChI=1S/C8H20N2O/c1-4-10(5-2)7-8(3,11)6-9/h11H,4-7,9H2,1-3H3. The average molecular weight is 160 g/mol. The molecule has 1 unspecified atom stereocenters. The molecule has 0 saturated heterocycles. The van der Waals surface area contributed by atoms with Crippen LogP contribution in [0.15, 0.2) is 0 Å². The van der Waals surface area contributed by atoms with Crippen molar-refractivity contribution < 1.29 is 5.11 Å². The van der Waals surface area contributed by atoms with E-state index in [1.54, 1.807) is 6.92 Å². The first kappa shape index (κ1) is 10.9. The van der Waals surface area contributed by atoms with Crippen molar-refractivity contribution in [2.75, 3.05) is 26.2 Å². The largest absolute Gasteiger partial charge is 0.388 e. The summed E-state index contributed by atoms with van der Waals surface area (Å²) < 4.78 is 0. The Morgan fingerprint density at radius 2 is 1.82 bits per heavy atom. The van der Waals surface area contributed by atoms with Gasteiger partial charge in [0.05, 0.1) is 5.60 Å². The van der Waals surface area contributed by atoms with Crippen molar-refractivity contribution in [3.8, 4) is 0 Å². The Hall–Kier alpha value is -0.120. The highest BCUT2D eigenvalue weighted by Gasteiger charge is 2.20. The molecule has 3 nitrogen and oxygen atoms in total. The highest BCUT2D eigenvalue weighted by Crippen LogP contribution is 2.03. The lowest BCUT2D eigenvalue weighted by atomic mass is 10.1. The Morgan fingerprint density at radius 3 is 2.09 bits per heavy atom. The molecule has 11 heavy (non-hydrogen) atoms. The second-order valence-electron chi connectivity index (χ2n) is 3.16. The van der Waals surface area contributed by atoms with Crippen molar-refractivity contribution in [2.45, 2.75) is 26.4 Å². The minimum Gasteiger partial charge on any atom is -0.388 e. The second kappa shape index (κ2) is 4.70. The first-order valence-electron chi connectivity index (χ1n) is 4.20. The van der Waals surface area contributed by atoms with E-state index in [1.807, 2.05) is 0 Å². The SMILES string of the molecule is CCN(CC)CC(C)(O)CN. The molecular weight excluding hydrogens is 140 g/mol. The molecule has 3 heteroatoms. The van der Waals surface area contributed by atoms with Crippen LogP contribution in [0.25, 0.3) is 0 Å². The Bertz CT molecular complexity index is 100. The van der Waals surface area contributed by atoms with Crippen LogP contribution in [-0.2, 0) is 0 Å². The molecule has 0 rings (SSSR count). The highest BCUT2D eigenvalue weighted by molar-refractivity contribution is 4.77. The van der Waals surface area contributed by atoms with Crippen LogP contribution in [0.1, 0.15) is 20.8 Å². The van der Waals surface area contributed by atoms with Crippen LogP contribution in [0, 0.1) is 0 Å². The molecule has 3 N–H and O–H groups in total. The van der Waals surface area contributed by atoms with Crippen LogP contribution in [-0.4, -0.2) is 41.8 Å². The predicted octanol–water partition coefficient (Wildman–Crippen LogP) is 0.0379. The van der Waals surface area contributed by atoms with Crippen LogP contribution in [0.4, 0.5) is 0 Å². The fourth-order valence-corrected chi connectivity index (χ4v) is 0.993. The molecule has 1 atom stereocenters. The molecule has 0 heterocycles. The molecule has 0 saturated carbocycles. The van der Waals surface area contributed by atoms with E-state index in [1.165, 1.54) is 0 Å². The summed E-state index contributed by atoms with van der Waals surface area (Å²) in [6, 6.07) is 0. The topological polar surface area (TPSA) is 49.5 Å². The monoisotopic (exact) mass is 160 g/mol. The van der Waals surface area contributed by atoms with E-state index in [9.17, 15) is 5.11 Å². The first-order valence-corrected chi connectivity index (χ1v) is 4.20. The average Bonchev–Trinajstić information content (AvgIpc) is 2.00. The van der Waals surface area contributed by atoms with E-state index in [4.69, 9.17) is 5.73 Å². The van der Waals surface area contributed by atoms with E-state index in [0.717, 1.165) is 13.1 Å². The molecular formula is C8H20N2O. The molecule has 0 bridgehead atoms. The maximum atomic E-state index is 9.59. The van der Waals surface area contributed by atoms with Gasteiger partial charge in [-0.2, -0.15) is 0 Å². The zero-order chi connectivity index (χ0) is 8.91. The molecule has 0 amide bonds. The number of rotatable bonds is 5. The fraction of sp³-hybridized carbons (Fsp3) is 1.00. The Kier molecular flexibility index (Phi) is 4.65. The Balaban J connectivity index is 3.79. The van der Waals surface area contributed by atoms with Crippen molar-refractivity contribution >= 4 is 0 Å². The third-order valence-corrected chi connectivity index (χ3v) is 1.90. The number of hydrogen-bond donors (Lipinski definition) is 2. The summed E-state index contributed by atoms with van der Waals surface area (Å²) >= 11 is 0. The van der Waals surface area contributed by atoms with Gasteiger partial charge in [0.25, 0.3) is 0 Å². The molecule has 0 spiro atoms. The van der Waals surface area contributed by atoms with Gasteiger partial charge >= 0.3 is 0 Å². The van der Waals surface area contributed by atoms with Gasteiger partial charge in [-0.05, 0) is 20.0 Å². The summed E-state index contributed by atoms with van der Waals surface area (Å²) in [6.45, 7) is 8.84. The third kappa shape index (κ3) is 4.35. The summed E-state index contributed by atoms with van der Waals surface area (Å²) in [5.74, 6) is 0. The molecule has 0 aromatic carbocycles. The molecule has 0 aliphatic heterocycles. The van der Waals surface area contributed by atoms with E-state index >= 15 is 0 Å². The van der Waals surface area contributed by atoms with Crippen LogP contribution >= 0.6 is 0 Å². The van der Waals surface area contributed by atoms with Gasteiger partial charge in [0.15, 0.2) is 0 Å². The highest BCUT2D eigenvalue weighted by atomic mass is 16.3. The molecule has 0 radical (unpaired) electrons. The van der Waals surface area contributed by atoms with Crippen LogP contribution in [0.2, 0.25) is 0 Å². The number of nitrogens with zero attached hydrogens (tertiary/aromatic N) is 1. The van der Waals surface area contributed by atoms with E-state index in [2.05, 4.69) is 18.7 Å². The van der Waals surface area contributed by atoms with Gasteiger partial charge in [-0.25, -0.2) is 0 Å². The molecule has 0 aromatic heterocycles. The quantitative estimate of drug-likeness (QED) is 0.597. The second-order valence-corrected chi connectivity index (χ2v) is 3.16. The van der Waals surface area contributed by atoms with Crippen molar-refractivity contribution in [2.24, 2.45) is 5.73 Å². The third-order valence-electron chi connectivity index (χ3n) is 1.90. The zero-order valence-corrected chi connectivity index (χ0v) is 7.80. The summed E-state index contributed by atoms with van der Waals surface area (Å²) in [4.78, 5) is 2.16. The van der Waals surface area contributed by atoms with E-state index in [0.29, 0.717) is 13.1 Å². The van der Waals surface area contributed by atoms with Gasteiger partial charge in [0, 0.05) is 13.1 Å². The molecule has 0 aliphatic rings. The normalized spacial score (nSPS) is 16.9. The number of aliphatic hydroxyl groups is 1. The Morgan fingerprint density at radius 1 is 1.36 bits per heavy atom. The summed E-state index contributed by atoms with van der Waals surface area (Å²) in [7, 11) is 0. The van der Waals surface area contributed by atoms with Crippen molar-refractivity contribution in [3.63, 3.8) is 0 Å². The number of hydrogen-bond acceptors (Lipinski definition) is 3. The van der Waals surface area contributed by atoms with E-state index < -0.39 is 5.60 Å². The van der Waals surface area contributed by atoms with Crippen molar-refractivity contribution in [3.05, 3.63) is 0 Å². The van der Waals surface area contributed by atoms with Gasteiger partial charge < -0.3 is 15.7 Å². The zero-order valence-electron chi connectivity index (χ0n) is 7.80. The maximum Gasteiger partial charge on any atom is 0.0867 e. The first-order chi connectivity index (χ1) is 5.05. The Labute approximate surface area is 69.2 Å². The van der Waals surface area contributed by atoms with E-state index in [-0.39, 0.29) is 0 Å². The molecule has 0 aliphatic carbocycles. The maximum absolute atomic E-state index is 9.59. The molecule has 0 fully saturated rings. The minimum atomic E-state index is -0.730. The van der Waals surface area contributed by atoms with Crippen LogP contribution in [0.5, 0.6) is 0 Å². The van der Waals surface area contributed by atoms with Gasteiger partial charge in [-0.1, -0.05) is 13.8 Å². The van der Waals surface area contributed by atoms with Crippen LogP contribution < -0.4 is 5.73 Å². The summed E-state index contributed by atoms with van der Waals surface area (Å²) in [6.07, 6.45) is 0. The lowest BCUT2D eigenvalue weighted by Crippen LogP contribution is -2.45. The number of nitrogens with two attached hydrogens (primary N) is 1. The van der Waals surface area contributed by atoms with Crippen molar-refractivity contribution in [1.82, 2.24) is 4.90 Å². The minimum absolute atomic E-state index is 0.323. The van der Waals surface area contributed by atoms with Crippen LogP contribution in [0.3, 0.4) is 0 Å². The van der Waals surface area contributed by atoms with Crippen molar-refractivity contribution in [1.29, 1.82) is 0 Å². The summed E-state index contributed by atoms with van der Waals surface area (Å²) in [5, 5.41) is 9.59. The smallest absolute Gasteiger partial charge is 0.0867 e. The van der Waals surface area contributed by atoms with Gasteiger partial charge in [0.2, 0.25) is 0 Å². The molecule has 0 aromatic rings. The number of likely N-dealkylation sites (N-methyl/N-ethyl adjacent to an activating group) is 1. The lowest BCUT2D eigenvalue weighted by Gasteiger charge is -2.28. The fourth-order valence-electron chi connectivity index (χ4n) is 0.993.